The molecule has 0 bridgehead atoms. The molecule has 0 spiro atoms. The molecule has 2 aliphatic rings. The molecule has 0 aromatic heterocycles. The highest BCUT2D eigenvalue weighted by atomic mass is 16.4. The lowest BCUT2D eigenvalue weighted by Crippen LogP contribution is -2.57. The summed E-state index contributed by atoms with van der Waals surface area (Å²) in [6.45, 7) is 4.90. The van der Waals surface area contributed by atoms with Crippen LogP contribution in [0.2, 0.25) is 0 Å². The second kappa shape index (κ2) is 4.44. The van der Waals surface area contributed by atoms with Gasteiger partial charge in [-0.2, -0.15) is 0 Å². The van der Waals surface area contributed by atoms with Crippen molar-refractivity contribution in [2.24, 2.45) is 5.41 Å². The van der Waals surface area contributed by atoms with Crippen molar-refractivity contribution in [2.75, 3.05) is 13.1 Å². The molecular formula is C13H22N2O3. The lowest BCUT2D eigenvalue weighted by molar-refractivity contribution is -0.150. The molecule has 1 heterocycles. The fourth-order valence-corrected chi connectivity index (χ4v) is 2.59. The minimum atomic E-state index is -0.756. The van der Waals surface area contributed by atoms with Crippen molar-refractivity contribution in [3.05, 3.63) is 0 Å². The summed E-state index contributed by atoms with van der Waals surface area (Å²) in [5, 5.41) is 12.2. The zero-order valence-corrected chi connectivity index (χ0v) is 11.2. The van der Waals surface area contributed by atoms with Crippen molar-refractivity contribution in [1.29, 1.82) is 0 Å². The first-order chi connectivity index (χ1) is 8.35. The van der Waals surface area contributed by atoms with E-state index < -0.39 is 11.4 Å². The Morgan fingerprint density at radius 3 is 2.06 bits per heavy atom. The monoisotopic (exact) mass is 254 g/mol. The number of rotatable bonds is 2. The van der Waals surface area contributed by atoms with Gasteiger partial charge < -0.3 is 15.3 Å². The molecule has 2 N–H and O–H groups in total. The Balaban J connectivity index is 1.86. The van der Waals surface area contributed by atoms with Crippen molar-refractivity contribution in [3.63, 3.8) is 0 Å². The van der Waals surface area contributed by atoms with Crippen molar-refractivity contribution >= 4 is 12.0 Å². The van der Waals surface area contributed by atoms with Crippen molar-refractivity contribution < 1.29 is 14.7 Å². The summed E-state index contributed by atoms with van der Waals surface area (Å²) >= 11 is 0. The van der Waals surface area contributed by atoms with Gasteiger partial charge in [0, 0.05) is 18.6 Å². The molecule has 2 fully saturated rings. The van der Waals surface area contributed by atoms with Crippen molar-refractivity contribution in [1.82, 2.24) is 10.2 Å². The molecule has 5 heteroatoms. The van der Waals surface area contributed by atoms with Gasteiger partial charge in [0.15, 0.2) is 0 Å². The van der Waals surface area contributed by atoms with Gasteiger partial charge in [-0.25, -0.2) is 4.79 Å². The molecule has 102 valence electrons. The second-order valence-corrected chi connectivity index (χ2v) is 6.20. The fourth-order valence-electron chi connectivity index (χ4n) is 2.59. The summed E-state index contributed by atoms with van der Waals surface area (Å²) in [7, 11) is 0. The van der Waals surface area contributed by atoms with Crippen LogP contribution in [-0.4, -0.2) is 40.6 Å². The van der Waals surface area contributed by atoms with E-state index in [9.17, 15) is 9.59 Å². The first-order valence-electron chi connectivity index (χ1n) is 6.65. The van der Waals surface area contributed by atoms with Gasteiger partial charge in [-0.3, -0.25) is 4.79 Å². The summed E-state index contributed by atoms with van der Waals surface area (Å²) < 4.78 is 0. The number of hydrogen-bond donors (Lipinski definition) is 2. The number of urea groups is 1. The number of likely N-dealkylation sites (tertiary alicyclic amines) is 1. The number of carboxylic acids is 1. The van der Waals surface area contributed by atoms with E-state index in [-0.39, 0.29) is 11.6 Å². The average molecular weight is 254 g/mol. The van der Waals surface area contributed by atoms with Crippen LogP contribution in [0, 0.1) is 5.41 Å². The predicted molar refractivity (Wildman–Crippen MR) is 67.3 cm³/mol. The molecule has 1 aliphatic heterocycles. The normalized spacial score (nSPS) is 25.1. The number of aliphatic carboxylic acids is 1. The topological polar surface area (TPSA) is 69.6 Å². The summed E-state index contributed by atoms with van der Waals surface area (Å²) in [6.07, 6.45) is 4.33. The minimum absolute atomic E-state index is 0.0371. The van der Waals surface area contributed by atoms with Gasteiger partial charge in [0.1, 0.15) is 0 Å². The maximum Gasteiger partial charge on any atom is 0.317 e. The quantitative estimate of drug-likeness (QED) is 0.789. The van der Waals surface area contributed by atoms with E-state index in [1.54, 1.807) is 11.8 Å². The highest BCUT2D eigenvalue weighted by Crippen LogP contribution is 2.33. The van der Waals surface area contributed by atoms with Gasteiger partial charge in [-0.15, -0.1) is 0 Å². The molecular weight excluding hydrogens is 232 g/mol. The molecule has 2 amide bonds. The van der Waals surface area contributed by atoms with E-state index in [4.69, 9.17) is 5.11 Å². The third kappa shape index (κ3) is 2.44. The van der Waals surface area contributed by atoms with Gasteiger partial charge in [0.05, 0.1) is 5.41 Å². The number of carboxylic acid groups (broad SMARTS) is 1. The van der Waals surface area contributed by atoms with E-state index in [0.717, 1.165) is 12.8 Å². The second-order valence-electron chi connectivity index (χ2n) is 6.20. The van der Waals surface area contributed by atoms with Gasteiger partial charge in [0.25, 0.3) is 0 Å². The maximum absolute atomic E-state index is 12.1. The predicted octanol–water partition coefficient (Wildman–Crippen LogP) is 1.83. The third-order valence-corrected chi connectivity index (χ3v) is 4.54. The zero-order chi connectivity index (χ0) is 13.4. The van der Waals surface area contributed by atoms with E-state index in [2.05, 4.69) is 12.2 Å². The highest BCUT2D eigenvalue weighted by molar-refractivity contribution is 5.77. The van der Waals surface area contributed by atoms with Crippen LogP contribution in [0.25, 0.3) is 0 Å². The Bertz CT molecular complexity index is 355. The van der Waals surface area contributed by atoms with Crippen LogP contribution >= 0.6 is 0 Å². The van der Waals surface area contributed by atoms with E-state index in [1.165, 1.54) is 6.42 Å². The fraction of sp³-hybridized carbons (Fsp3) is 0.846. The van der Waals surface area contributed by atoms with Crippen LogP contribution < -0.4 is 5.32 Å². The SMILES string of the molecule is CC1(NC(=O)N2CCC(C)(C(=O)O)CC2)CCC1. The number of nitrogens with one attached hydrogen (secondary N) is 1. The summed E-state index contributed by atoms with van der Waals surface area (Å²) in [4.78, 5) is 24.9. The lowest BCUT2D eigenvalue weighted by atomic mass is 9.78. The molecule has 0 atom stereocenters. The molecule has 0 unspecified atom stereocenters. The van der Waals surface area contributed by atoms with Gasteiger partial charge >= 0.3 is 12.0 Å². The Morgan fingerprint density at radius 2 is 1.67 bits per heavy atom. The van der Waals surface area contributed by atoms with Crippen LogP contribution in [0.4, 0.5) is 4.79 Å². The number of piperidine rings is 1. The Morgan fingerprint density at radius 1 is 1.11 bits per heavy atom. The number of nitrogens with zero attached hydrogens (tertiary/aromatic N) is 1. The lowest BCUT2D eigenvalue weighted by Gasteiger charge is -2.42. The summed E-state index contributed by atoms with van der Waals surface area (Å²) in [5.41, 5.74) is -0.707. The summed E-state index contributed by atoms with van der Waals surface area (Å²) in [5.74, 6) is -0.756. The standard InChI is InChI=1S/C13H22N2O3/c1-12(10(16)17)6-8-15(9-7-12)11(18)14-13(2)4-3-5-13/h3-9H2,1-2H3,(H,14,18)(H,16,17). The van der Waals surface area contributed by atoms with Crippen molar-refractivity contribution in [3.8, 4) is 0 Å². The molecule has 1 aliphatic carbocycles. The first kappa shape index (κ1) is 13.2. The Labute approximate surface area is 108 Å². The number of amides is 2. The third-order valence-electron chi connectivity index (χ3n) is 4.54. The average Bonchev–Trinajstić information content (AvgIpc) is 2.27. The molecule has 0 aromatic carbocycles. The van der Waals surface area contributed by atoms with Crippen LogP contribution in [0.3, 0.4) is 0 Å². The minimum Gasteiger partial charge on any atom is -0.481 e. The smallest absolute Gasteiger partial charge is 0.317 e. The number of carbonyl (C=O) groups excluding carboxylic acids is 1. The molecule has 1 saturated carbocycles. The zero-order valence-electron chi connectivity index (χ0n) is 11.2. The number of carbonyl (C=O) groups is 2. The number of hydrogen-bond acceptors (Lipinski definition) is 2. The first-order valence-corrected chi connectivity index (χ1v) is 6.65. The van der Waals surface area contributed by atoms with Gasteiger partial charge in [-0.1, -0.05) is 0 Å². The van der Waals surface area contributed by atoms with Gasteiger partial charge in [0.2, 0.25) is 0 Å². The molecule has 18 heavy (non-hydrogen) atoms. The Kier molecular flexibility index (Phi) is 3.25. The van der Waals surface area contributed by atoms with E-state index >= 15 is 0 Å². The molecule has 0 radical (unpaired) electrons. The van der Waals surface area contributed by atoms with Crippen LogP contribution in [0.5, 0.6) is 0 Å². The maximum atomic E-state index is 12.1. The molecule has 1 saturated heterocycles. The highest BCUT2D eigenvalue weighted by Gasteiger charge is 2.40. The van der Waals surface area contributed by atoms with Crippen molar-refractivity contribution in [2.45, 2.75) is 51.5 Å². The van der Waals surface area contributed by atoms with Gasteiger partial charge in [-0.05, 0) is 46.0 Å². The summed E-state index contributed by atoms with van der Waals surface area (Å²) in [6, 6.07) is -0.0374. The largest absolute Gasteiger partial charge is 0.481 e. The van der Waals surface area contributed by atoms with Crippen LogP contribution in [-0.2, 0) is 4.79 Å². The van der Waals surface area contributed by atoms with Crippen LogP contribution in [0.1, 0.15) is 46.0 Å². The Hall–Kier alpha value is -1.26. The molecule has 0 aromatic rings. The van der Waals surface area contributed by atoms with Crippen LogP contribution in [0.15, 0.2) is 0 Å². The van der Waals surface area contributed by atoms with E-state index in [1.807, 2.05) is 0 Å². The van der Waals surface area contributed by atoms with E-state index in [0.29, 0.717) is 25.9 Å². The molecule has 2 rings (SSSR count). The molecule has 5 nitrogen and oxygen atoms in total.